The molecular formula is C10H24O6Si3. The third-order valence-corrected chi connectivity index (χ3v) is 10.5. The zero-order chi connectivity index (χ0) is 15.5. The maximum atomic E-state index is 11.2. The lowest BCUT2D eigenvalue weighted by atomic mass is 10.9. The summed E-state index contributed by atoms with van der Waals surface area (Å²) in [6.07, 6.45) is 0. The molecule has 0 aliphatic carbocycles. The van der Waals surface area contributed by atoms with Gasteiger partial charge in [-0.15, -0.1) is 0 Å². The van der Waals surface area contributed by atoms with E-state index in [9.17, 15) is 9.59 Å². The number of carbonyl (C=O) groups excluding carboxylic acids is 2. The predicted octanol–water partition coefficient (Wildman–Crippen LogP) is 2.25. The third-order valence-electron chi connectivity index (χ3n) is 1.64. The smallest absolute Gasteiger partial charge is 0.495 e. The van der Waals surface area contributed by atoms with Gasteiger partial charge in [0.15, 0.2) is 8.32 Å². The molecule has 112 valence electrons. The Labute approximate surface area is 118 Å². The summed E-state index contributed by atoms with van der Waals surface area (Å²) in [5.41, 5.74) is 0. The monoisotopic (exact) mass is 324 g/mol. The summed E-state index contributed by atoms with van der Waals surface area (Å²) in [6, 6.07) is 0. The summed E-state index contributed by atoms with van der Waals surface area (Å²) in [7, 11) is -7.85. The average Bonchev–Trinajstić information content (AvgIpc) is 1.89. The highest BCUT2D eigenvalue weighted by Gasteiger charge is 2.49. The standard InChI is InChI=1S/C10H24O6Si3/c1-9(11)13-18(6,7)16-19(8,14-10(2)12)15-17(3,4)5/h1-8H3. The summed E-state index contributed by atoms with van der Waals surface area (Å²) in [5.74, 6) is -0.871. The van der Waals surface area contributed by atoms with Crippen molar-refractivity contribution in [3.05, 3.63) is 0 Å². The minimum atomic E-state index is -3.15. The van der Waals surface area contributed by atoms with Gasteiger partial charge in [-0.05, 0) is 32.7 Å². The fourth-order valence-electron chi connectivity index (χ4n) is 1.69. The Kier molecular flexibility index (Phi) is 6.14. The number of rotatable bonds is 6. The molecule has 0 N–H and O–H groups in total. The van der Waals surface area contributed by atoms with Crippen LogP contribution >= 0.6 is 0 Å². The first-order valence-electron chi connectivity index (χ1n) is 6.04. The molecule has 0 aromatic rings. The summed E-state index contributed by atoms with van der Waals surface area (Å²) in [6.45, 7) is 13.7. The van der Waals surface area contributed by atoms with Crippen LogP contribution in [-0.4, -0.2) is 37.6 Å². The second-order valence-electron chi connectivity index (χ2n) is 5.77. The largest absolute Gasteiger partial charge is 0.545 e. The van der Waals surface area contributed by atoms with Gasteiger partial charge in [0.25, 0.3) is 11.9 Å². The Bertz CT molecular complexity index is 352. The molecule has 0 aliphatic rings. The highest BCUT2D eigenvalue weighted by Crippen LogP contribution is 2.22. The molecule has 0 aromatic heterocycles. The van der Waals surface area contributed by atoms with Crippen LogP contribution in [0.2, 0.25) is 39.3 Å². The fraction of sp³-hybridized carbons (Fsp3) is 0.800. The first-order valence-corrected chi connectivity index (χ1v) is 14.5. The van der Waals surface area contributed by atoms with Gasteiger partial charge in [0.05, 0.1) is 0 Å². The van der Waals surface area contributed by atoms with Crippen LogP contribution in [0.4, 0.5) is 0 Å². The summed E-state index contributed by atoms with van der Waals surface area (Å²) < 4.78 is 22.2. The molecule has 0 saturated carbocycles. The molecule has 1 atom stereocenters. The van der Waals surface area contributed by atoms with Gasteiger partial charge in [0.1, 0.15) is 0 Å². The maximum absolute atomic E-state index is 11.2. The highest BCUT2D eigenvalue weighted by atomic mass is 28.5. The van der Waals surface area contributed by atoms with E-state index in [0.717, 1.165) is 0 Å². The van der Waals surface area contributed by atoms with Crippen LogP contribution < -0.4 is 0 Å². The normalized spacial score (nSPS) is 15.6. The zero-order valence-corrected chi connectivity index (χ0v) is 15.9. The van der Waals surface area contributed by atoms with E-state index >= 15 is 0 Å². The summed E-state index contributed by atoms with van der Waals surface area (Å²) in [4.78, 5) is 22.3. The highest BCUT2D eigenvalue weighted by molar-refractivity contribution is 6.84. The van der Waals surface area contributed by atoms with Crippen LogP contribution in [0.5, 0.6) is 0 Å². The van der Waals surface area contributed by atoms with Gasteiger partial charge in [0, 0.05) is 20.4 Å². The van der Waals surface area contributed by atoms with Crippen molar-refractivity contribution in [2.75, 3.05) is 0 Å². The molecule has 0 heterocycles. The van der Waals surface area contributed by atoms with E-state index in [1.165, 1.54) is 13.8 Å². The average molecular weight is 325 g/mol. The van der Waals surface area contributed by atoms with Crippen molar-refractivity contribution >= 4 is 37.6 Å². The van der Waals surface area contributed by atoms with Gasteiger partial charge >= 0.3 is 17.4 Å². The third kappa shape index (κ3) is 9.10. The quantitative estimate of drug-likeness (QED) is 0.698. The molecule has 19 heavy (non-hydrogen) atoms. The van der Waals surface area contributed by atoms with Crippen LogP contribution in [-0.2, 0) is 26.7 Å². The molecular weight excluding hydrogens is 300 g/mol. The molecule has 0 fully saturated rings. The van der Waals surface area contributed by atoms with Gasteiger partial charge in [-0.25, -0.2) is 0 Å². The van der Waals surface area contributed by atoms with Crippen LogP contribution in [0.3, 0.4) is 0 Å². The van der Waals surface area contributed by atoms with Gasteiger partial charge in [-0.3, -0.25) is 9.59 Å². The summed E-state index contributed by atoms with van der Waals surface area (Å²) in [5, 5.41) is 0. The molecule has 0 aromatic carbocycles. The van der Waals surface area contributed by atoms with E-state index in [-0.39, 0.29) is 0 Å². The van der Waals surface area contributed by atoms with Crippen LogP contribution in [0, 0.1) is 0 Å². The van der Waals surface area contributed by atoms with Gasteiger partial charge in [-0.2, -0.15) is 0 Å². The van der Waals surface area contributed by atoms with Crippen molar-refractivity contribution in [2.45, 2.75) is 53.1 Å². The second-order valence-corrected chi connectivity index (χ2v) is 16.6. The molecule has 6 nitrogen and oxygen atoms in total. The van der Waals surface area contributed by atoms with Crippen molar-refractivity contribution in [3.63, 3.8) is 0 Å². The molecule has 9 heteroatoms. The Morgan fingerprint density at radius 2 is 1.16 bits per heavy atom. The number of carbonyl (C=O) groups is 2. The SMILES string of the molecule is CC(=O)O[Si](C)(C)O[Si](C)(OC(C)=O)O[Si](C)(C)C. The van der Waals surface area contributed by atoms with Gasteiger partial charge in [0.2, 0.25) is 0 Å². The van der Waals surface area contributed by atoms with Crippen molar-refractivity contribution in [3.8, 4) is 0 Å². The van der Waals surface area contributed by atoms with Crippen LogP contribution in [0.25, 0.3) is 0 Å². The Balaban J connectivity index is 5.04. The molecule has 0 amide bonds. The topological polar surface area (TPSA) is 71.1 Å². The summed E-state index contributed by atoms with van der Waals surface area (Å²) >= 11 is 0. The van der Waals surface area contributed by atoms with E-state index in [1.54, 1.807) is 19.6 Å². The van der Waals surface area contributed by atoms with Crippen molar-refractivity contribution in [1.29, 1.82) is 0 Å². The van der Waals surface area contributed by atoms with E-state index in [1.807, 2.05) is 19.6 Å². The second kappa shape index (κ2) is 6.31. The molecule has 0 spiro atoms. The van der Waals surface area contributed by atoms with E-state index < -0.39 is 37.6 Å². The van der Waals surface area contributed by atoms with E-state index in [4.69, 9.17) is 17.1 Å². The zero-order valence-electron chi connectivity index (χ0n) is 12.9. The fourth-order valence-corrected chi connectivity index (χ4v) is 12.0. The first kappa shape index (κ1) is 18.5. The van der Waals surface area contributed by atoms with Crippen molar-refractivity contribution in [2.24, 2.45) is 0 Å². The number of hydrogen-bond acceptors (Lipinski definition) is 6. The maximum Gasteiger partial charge on any atom is 0.545 e. The lowest BCUT2D eigenvalue weighted by molar-refractivity contribution is -0.135. The van der Waals surface area contributed by atoms with Crippen LogP contribution in [0.15, 0.2) is 0 Å². The minimum absolute atomic E-state index is 0.413. The molecule has 0 bridgehead atoms. The molecule has 0 rings (SSSR count). The molecule has 0 saturated heterocycles. The Morgan fingerprint density at radius 1 is 0.737 bits per heavy atom. The van der Waals surface area contributed by atoms with Crippen molar-refractivity contribution in [1.82, 2.24) is 0 Å². The Morgan fingerprint density at radius 3 is 1.47 bits per heavy atom. The predicted molar refractivity (Wildman–Crippen MR) is 78.1 cm³/mol. The molecule has 1 unspecified atom stereocenters. The Hall–Kier alpha value is -0.489. The number of hydrogen-bond donors (Lipinski definition) is 0. The van der Waals surface area contributed by atoms with E-state index in [2.05, 4.69) is 0 Å². The molecule has 0 aliphatic heterocycles. The van der Waals surface area contributed by atoms with Gasteiger partial charge < -0.3 is 17.1 Å². The minimum Gasteiger partial charge on any atom is -0.495 e. The van der Waals surface area contributed by atoms with E-state index in [0.29, 0.717) is 0 Å². The lowest BCUT2D eigenvalue weighted by Gasteiger charge is -2.36. The van der Waals surface area contributed by atoms with Crippen molar-refractivity contribution < 1.29 is 26.7 Å². The lowest BCUT2D eigenvalue weighted by Crippen LogP contribution is -2.57. The van der Waals surface area contributed by atoms with Gasteiger partial charge in [-0.1, -0.05) is 0 Å². The molecule has 0 radical (unpaired) electrons. The van der Waals surface area contributed by atoms with Crippen LogP contribution in [0.1, 0.15) is 13.8 Å². The first-order chi connectivity index (χ1) is 8.25.